The highest BCUT2D eigenvalue weighted by atomic mass is 35.5. The van der Waals surface area contributed by atoms with Gasteiger partial charge in [-0.1, -0.05) is 0 Å². The number of halogens is 3. The van der Waals surface area contributed by atoms with Crippen molar-refractivity contribution in [3.63, 3.8) is 0 Å². The van der Waals surface area contributed by atoms with Gasteiger partial charge in [0.25, 0.3) is 0 Å². The molecule has 4 fully saturated rings. The molecule has 0 aliphatic heterocycles. The Morgan fingerprint density at radius 2 is 0.929 bits per heavy atom. The number of rotatable bonds is 12. The van der Waals surface area contributed by atoms with E-state index in [9.17, 15) is 15.3 Å². The molecule has 3 atom stereocenters. The maximum absolute atomic E-state index is 9.89. The van der Waals surface area contributed by atoms with E-state index in [1.54, 1.807) is 0 Å². The summed E-state index contributed by atoms with van der Waals surface area (Å²) in [5.41, 5.74) is -1.40. The smallest absolute Gasteiger partial charge is 0.0908 e. The maximum atomic E-state index is 9.89. The highest BCUT2D eigenvalue weighted by Gasteiger charge is 2.65. The second-order valence-corrected chi connectivity index (χ2v) is 9.84. The largest absolute Gasteiger partial charge is 0.389 e. The van der Waals surface area contributed by atoms with Crippen LogP contribution in [0.15, 0.2) is 0 Å². The van der Waals surface area contributed by atoms with Crippen molar-refractivity contribution in [3.05, 3.63) is 0 Å². The average Bonchev–Trinajstić information content (AvgIpc) is 2.67. The molecular weight excluding hydrogens is 431 g/mol. The second-order valence-electron chi connectivity index (χ2n) is 8.92. The van der Waals surface area contributed by atoms with Crippen LogP contribution in [0.4, 0.5) is 0 Å². The number of aliphatic hydroxyl groups excluding tert-OH is 3. The molecule has 0 saturated heterocycles. The molecule has 0 heterocycles. The molecule has 28 heavy (non-hydrogen) atoms. The van der Waals surface area contributed by atoms with Crippen molar-refractivity contribution in [1.82, 2.24) is 0 Å². The Bertz CT molecular complexity index is 445. The third-order valence-corrected chi connectivity index (χ3v) is 7.26. The fourth-order valence-corrected chi connectivity index (χ4v) is 5.88. The number of aliphatic hydroxyl groups is 3. The summed E-state index contributed by atoms with van der Waals surface area (Å²) in [6.45, 7) is 0.491. The van der Waals surface area contributed by atoms with Gasteiger partial charge in [0, 0.05) is 19.3 Å². The van der Waals surface area contributed by atoms with E-state index in [-0.39, 0.29) is 37.5 Å². The Morgan fingerprint density at radius 1 is 0.643 bits per heavy atom. The molecular formula is C19H31Cl3O6. The first kappa shape index (κ1) is 23.3. The monoisotopic (exact) mass is 460 g/mol. The molecule has 4 saturated carbocycles. The van der Waals surface area contributed by atoms with E-state index in [0.29, 0.717) is 25.2 Å². The molecule has 4 rings (SSSR count). The standard InChI is InChI=1S/C19H31Cl3O6/c20-4-14(23)7-26-17-1-13-2-18(10-17,27-8-15(24)5-21)12-19(3-13,11-17)28-9-16(25)6-22/h13-16,23-25H,1-12H2. The summed E-state index contributed by atoms with van der Waals surface area (Å²) in [6.07, 6.45) is 2.53. The minimum absolute atomic E-state index is 0.118. The van der Waals surface area contributed by atoms with Gasteiger partial charge < -0.3 is 29.5 Å². The summed E-state index contributed by atoms with van der Waals surface area (Å²) in [5.74, 6) is 0.706. The molecule has 4 aliphatic carbocycles. The summed E-state index contributed by atoms with van der Waals surface area (Å²) >= 11 is 17.2. The molecule has 6 nitrogen and oxygen atoms in total. The van der Waals surface area contributed by atoms with Crippen LogP contribution in [0.25, 0.3) is 0 Å². The summed E-state index contributed by atoms with van der Waals surface area (Å²) in [5, 5.41) is 29.7. The quantitative estimate of drug-likeness (QED) is 0.386. The van der Waals surface area contributed by atoms with E-state index in [2.05, 4.69) is 0 Å². The van der Waals surface area contributed by atoms with Crippen LogP contribution >= 0.6 is 34.8 Å². The lowest BCUT2D eigenvalue weighted by molar-refractivity contribution is -0.298. The van der Waals surface area contributed by atoms with Crippen LogP contribution in [0.2, 0.25) is 0 Å². The van der Waals surface area contributed by atoms with Gasteiger partial charge in [0.1, 0.15) is 0 Å². The molecule has 4 bridgehead atoms. The summed E-state index contributed by atoms with van der Waals surface area (Å²) in [6, 6.07) is 0. The van der Waals surface area contributed by atoms with Gasteiger partial charge in [0.2, 0.25) is 0 Å². The van der Waals surface area contributed by atoms with Crippen LogP contribution in [-0.2, 0) is 14.2 Å². The van der Waals surface area contributed by atoms with Gasteiger partial charge >= 0.3 is 0 Å². The number of hydrogen-bond donors (Lipinski definition) is 3. The summed E-state index contributed by atoms with van der Waals surface area (Å²) in [4.78, 5) is 0. The van der Waals surface area contributed by atoms with E-state index in [0.717, 1.165) is 19.3 Å². The summed E-state index contributed by atoms with van der Waals surface area (Å²) in [7, 11) is 0. The minimum atomic E-state index is -0.723. The first-order valence-corrected chi connectivity index (χ1v) is 11.5. The Hall–Kier alpha value is 0.630. The fourth-order valence-electron chi connectivity index (χ4n) is 5.61. The number of ether oxygens (including phenoxy) is 3. The highest BCUT2D eigenvalue weighted by molar-refractivity contribution is 6.18. The highest BCUT2D eigenvalue weighted by Crippen LogP contribution is 2.63. The molecule has 0 amide bonds. The molecule has 0 spiro atoms. The van der Waals surface area contributed by atoms with E-state index in [1.165, 1.54) is 0 Å². The van der Waals surface area contributed by atoms with Gasteiger partial charge in [-0.3, -0.25) is 0 Å². The molecule has 0 aromatic carbocycles. The van der Waals surface area contributed by atoms with Gasteiger partial charge in [-0.25, -0.2) is 0 Å². The van der Waals surface area contributed by atoms with Crippen molar-refractivity contribution in [2.75, 3.05) is 37.5 Å². The van der Waals surface area contributed by atoms with Crippen LogP contribution in [0, 0.1) is 5.92 Å². The lowest BCUT2D eigenvalue weighted by atomic mass is 9.50. The number of hydrogen-bond acceptors (Lipinski definition) is 6. The zero-order valence-corrected chi connectivity index (χ0v) is 18.3. The van der Waals surface area contributed by atoms with Crippen molar-refractivity contribution >= 4 is 34.8 Å². The lowest BCUT2D eigenvalue weighted by Gasteiger charge is -2.65. The van der Waals surface area contributed by atoms with E-state index < -0.39 is 35.1 Å². The third-order valence-electron chi connectivity index (χ3n) is 6.20. The Labute approximate surface area is 181 Å². The van der Waals surface area contributed by atoms with Gasteiger partial charge in [-0.05, 0) is 25.2 Å². The third kappa shape index (κ3) is 5.27. The molecule has 9 heteroatoms. The number of alkyl halides is 3. The van der Waals surface area contributed by atoms with Gasteiger partial charge in [0.05, 0.1) is 72.6 Å². The van der Waals surface area contributed by atoms with Crippen molar-refractivity contribution in [2.45, 2.75) is 73.6 Å². The topological polar surface area (TPSA) is 88.4 Å². The minimum Gasteiger partial charge on any atom is -0.389 e. The van der Waals surface area contributed by atoms with E-state index in [1.807, 2.05) is 0 Å². The van der Waals surface area contributed by atoms with Gasteiger partial charge in [-0.15, -0.1) is 34.8 Å². The zero-order valence-electron chi connectivity index (χ0n) is 16.0. The van der Waals surface area contributed by atoms with Crippen LogP contribution in [0.1, 0.15) is 38.5 Å². The predicted octanol–water partition coefficient (Wildman–Crippen LogP) is 2.05. The Kier molecular flexibility index (Phi) is 7.83. The molecule has 4 aliphatic rings. The van der Waals surface area contributed by atoms with Gasteiger partial charge in [-0.2, -0.15) is 0 Å². The average molecular weight is 462 g/mol. The normalized spacial score (nSPS) is 39.9. The van der Waals surface area contributed by atoms with E-state index in [4.69, 9.17) is 49.0 Å². The van der Waals surface area contributed by atoms with Crippen molar-refractivity contribution in [1.29, 1.82) is 0 Å². The van der Waals surface area contributed by atoms with Crippen LogP contribution in [0.5, 0.6) is 0 Å². The first-order valence-electron chi connectivity index (χ1n) is 9.91. The SMILES string of the molecule is OC(CCl)COC12CC3CC(OCC(O)CCl)(C1)CC(OCC(O)CCl)(C3)C2. The van der Waals surface area contributed by atoms with E-state index >= 15 is 0 Å². The predicted molar refractivity (Wildman–Crippen MR) is 107 cm³/mol. The van der Waals surface area contributed by atoms with Crippen molar-refractivity contribution < 1.29 is 29.5 Å². The maximum Gasteiger partial charge on any atom is 0.0908 e. The van der Waals surface area contributed by atoms with Crippen molar-refractivity contribution in [3.8, 4) is 0 Å². The Balaban J connectivity index is 1.78. The second kappa shape index (κ2) is 9.41. The fraction of sp³-hybridized carbons (Fsp3) is 1.00. The molecule has 0 aromatic rings. The van der Waals surface area contributed by atoms with Crippen LogP contribution in [-0.4, -0.2) is 87.9 Å². The zero-order chi connectivity index (χ0) is 20.4. The van der Waals surface area contributed by atoms with Gasteiger partial charge in [0.15, 0.2) is 0 Å². The molecule has 0 aromatic heterocycles. The lowest BCUT2D eigenvalue weighted by Crippen LogP contribution is -2.68. The first-order chi connectivity index (χ1) is 13.3. The molecule has 3 unspecified atom stereocenters. The van der Waals surface area contributed by atoms with Crippen LogP contribution < -0.4 is 0 Å². The molecule has 164 valence electrons. The Morgan fingerprint density at radius 3 is 1.18 bits per heavy atom. The molecule has 0 radical (unpaired) electrons. The van der Waals surface area contributed by atoms with Crippen LogP contribution in [0.3, 0.4) is 0 Å². The van der Waals surface area contributed by atoms with Crippen molar-refractivity contribution in [2.24, 2.45) is 5.92 Å². The summed E-state index contributed by atoms with van der Waals surface area (Å²) < 4.78 is 18.7. The molecule has 3 N–H and O–H groups in total.